The van der Waals surface area contributed by atoms with Gasteiger partial charge in [0.2, 0.25) is 5.91 Å². The molecule has 16 heavy (non-hydrogen) atoms. The van der Waals surface area contributed by atoms with Crippen LogP contribution in [-0.4, -0.2) is 18.9 Å². The van der Waals surface area contributed by atoms with E-state index >= 15 is 0 Å². The van der Waals surface area contributed by atoms with E-state index in [9.17, 15) is 4.79 Å². The van der Waals surface area contributed by atoms with E-state index in [0.717, 1.165) is 22.4 Å². The van der Waals surface area contributed by atoms with Gasteiger partial charge >= 0.3 is 0 Å². The van der Waals surface area contributed by atoms with E-state index in [4.69, 9.17) is 16.3 Å². The van der Waals surface area contributed by atoms with Crippen LogP contribution in [0.5, 0.6) is 5.75 Å². The molecule has 1 N–H and O–H groups in total. The molecule has 0 aliphatic rings. The molecule has 1 rings (SSSR count). The minimum atomic E-state index is -0.159. The van der Waals surface area contributed by atoms with Crippen LogP contribution in [0.15, 0.2) is 12.1 Å². The van der Waals surface area contributed by atoms with Crippen molar-refractivity contribution < 1.29 is 9.53 Å². The lowest BCUT2D eigenvalue weighted by atomic mass is 10.1. The van der Waals surface area contributed by atoms with Gasteiger partial charge in [-0.15, -0.1) is 11.6 Å². The number of ether oxygens (including phenoxy) is 1. The fourth-order valence-corrected chi connectivity index (χ4v) is 1.81. The van der Waals surface area contributed by atoms with Crippen molar-refractivity contribution in [2.24, 2.45) is 0 Å². The van der Waals surface area contributed by atoms with Crippen LogP contribution < -0.4 is 10.1 Å². The summed E-state index contributed by atoms with van der Waals surface area (Å²) in [5, 5.41) is 2.73. The molecular formula is C12H16ClNO2. The van der Waals surface area contributed by atoms with Gasteiger partial charge in [0.15, 0.2) is 0 Å². The van der Waals surface area contributed by atoms with E-state index in [0.29, 0.717) is 6.54 Å². The number of halogens is 1. The molecule has 4 heteroatoms. The van der Waals surface area contributed by atoms with Crippen molar-refractivity contribution in [3.8, 4) is 5.75 Å². The monoisotopic (exact) mass is 241 g/mol. The summed E-state index contributed by atoms with van der Waals surface area (Å²) >= 11 is 5.40. The lowest BCUT2D eigenvalue weighted by Gasteiger charge is -2.11. The van der Waals surface area contributed by atoms with Gasteiger partial charge in [-0.3, -0.25) is 4.79 Å². The number of aryl methyl sites for hydroxylation is 2. The predicted molar refractivity (Wildman–Crippen MR) is 65.0 cm³/mol. The standard InChI is InChI=1S/C12H16ClNO2/c1-8-4-10(7-14-11(15)6-13)5-9(2)12(8)16-3/h4-5H,6-7H2,1-3H3,(H,14,15). The number of alkyl halides is 1. The third kappa shape index (κ3) is 3.14. The quantitative estimate of drug-likeness (QED) is 0.821. The van der Waals surface area contributed by atoms with Crippen LogP contribution in [0.1, 0.15) is 16.7 Å². The molecule has 1 aromatic rings. The highest BCUT2D eigenvalue weighted by atomic mass is 35.5. The number of benzene rings is 1. The van der Waals surface area contributed by atoms with Crippen LogP contribution in [0.25, 0.3) is 0 Å². The Kier molecular flexibility index (Phi) is 4.62. The Labute approximate surface area is 101 Å². The summed E-state index contributed by atoms with van der Waals surface area (Å²) in [6.45, 7) is 4.47. The van der Waals surface area contributed by atoms with Gasteiger partial charge < -0.3 is 10.1 Å². The molecule has 0 saturated carbocycles. The van der Waals surface area contributed by atoms with Crippen LogP contribution in [-0.2, 0) is 11.3 Å². The normalized spacial score (nSPS) is 10.0. The van der Waals surface area contributed by atoms with Crippen LogP contribution in [0.2, 0.25) is 0 Å². The molecule has 0 radical (unpaired) electrons. The van der Waals surface area contributed by atoms with Crippen molar-refractivity contribution in [1.29, 1.82) is 0 Å². The van der Waals surface area contributed by atoms with Crippen LogP contribution in [0.3, 0.4) is 0 Å². The molecule has 0 heterocycles. The zero-order valence-electron chi connectivity index (χ0n) is 9.76. The van der Waals surface area contributed by atoms with E-state index < -0.39 is 0 Å². The highest BCUT2D eigenvalue weighted by Gasteiger charge is 2.06. The number of hydrogen-bond donors (Lipinski definition) is 1. The van der Waals surface area contributed by atoms with E-state index in [2.05, 4.69) is 5.32 Å². The third-order valence-corrected chi connectivity index (χ3v) is 2.58. The van der Waals surface area contributed by atoms with Gasteiger partial charge in [0.05, 0.1) is 7.11 Å². The Balaban J connectivity index is 2.79. The average molecular weight is 242 g/mol. The fraction of sp³-hybridized carbons (Fsp3) is 0.417. The highest BCUT2D eigenvalue weighted by Crippen LogP contribution is 2.24. The van der Waals surface area contributed by atoms with E-state index in [1.54, 1.807) is 7.11 Å². The largest absolute Gasteiger partial charge is 0.496 e. The summed E-state index contributed by atoms with van der Waals surface area (Å²) in [6, 6.07) is 4.00. The van der Waals surface area contributed by atoms with Crippen molar-refractivity contribution in [2.75, 3.05) is 13.0 Å². The first kappa shape index (κ1) is 12.8. The van der Waals surface area contributed by atoms with Crippen LogP contribution in [0.4, 0.5) is 0 Å². The molecule has 0 unspecified atom stereocenters. The second-order valence-corrected chi connectivity index (χ2v) is 3.94. The Hall–Kier alpha value is -1.22. The molecule has 0 spiro atoms. The molecule has 0 fully saturated rings. The number of carbonyl (C=O) groups is 1. The van der Waals surface area contributed by atoms with Crippen molar-refractivity contribution >= 4 is 17.5 Å². The number of rotatable bonds is 4. The topological polar surface area (TPSA) is 38.3 Å². The van der Waals surface area contributed by atoms with Crippen molar-refractivity contribution in [1.82, 2.24) is 5.32 Å². The van der Waals surface area contributed by atoms with Gasteiger partial charge in [-0.05, 0) is 30.5 Å². The zero-order valence-corrected chi connectivity index (χ0v) is 10.5. The lowest BCUT2D eigenvalue weighted by molar-refractivity contribution is -0.118. The summed E-state index contributed by atoms with van der Waals surface area (Å²) in [4.78, 5) is 11.0. The fourth-order valence-electron chi connectivity index (χ4n) is 1.71. The van der Waals surface area contributed by atoms with Gasteiger partial charge in [-0.2, -0.15) is 0 Å². The minimum absolute atomic E-state index is 0.00583. The van der Waals surface area contributed by atoms with E-state index in [1.165, 1.54) is 0 Å². The zero-order chi connectivity index (χ0) is 12.1. The minimum Gasteiger partial charge on any atom is -0.496 e. The number of carbonyl (C=O) groups excluding carboxylic acids is 1. The SMILES string of the molecule is COc1c(C)cc(CNC(=O)CCl)cc1C. The van der Waals surface area contributed by atoms with Crippen LogP contribution >= 0.6 is 11.6 Å². The molecule has 1 amide bonds. The Bertz CT molecular complexity index is 368. The van der Waals surface area contributed by atoms with E-state index in [-0.39, 0.29) is 11.8 Å². The molecule has 0 aliphatic carbocycles. The molecule has 0 aromatic heterocycles. The molecule has 0 saturated heterocycles. The van der Waals surface area contributed by atoms with Crippen LogP contribution in [0, 0.1) is 13.8 Å². The second kappa shape index (κ2) is 5.75. The van der Waals surface area contributed by atoms with Crippen molar-refractivity contribution in [3.05, 3.63) is 28.8 Å². The Morgan fingerprint density at radius 3 is 2.38 bits per heavy atom. The Morgan fingerprint density at radius 1 is 1.38 bits per heavy atom. The van der Waals surface area contributed by atoms with Gasteiger partial charge in [0, 0.05) is 6.54 Å². The van der Waals surface area contributed by atoms with Gasteiger partial charge in [0.1, 0.15) is 11.6 Å². The summed E-state index contributed by atoms with van der Waals surface area (Å²) in [6.07, 6.45) is 0. The maximum Gasteiger partial charge on any atom is 0.235 e. The second-order valence-electron chi connectivity index (χ2n) is 3.67. The average Bonchev–Trinajstić information content (AvgIpc) is 2.25. The number of methoxy groups -OCH3 is 1. The molecule has 1 aromatic carbocycles. The lowest BCUT2D eigenvalue weighted by Crippen LogP contribution is -2.23. The molecule has 3 nitrogen and oxygen atoms in total. The smallest absolute Gasteiger partial charge is 0.235 e. The number of nitrogens with one attached hydrogen (secondary N) is 1. The maximum atomic E-state index is 11.0. The first-order chi connectivity index (χ1) is 7.58. The summed E-state index contributed by atoms with van der Waals surface area (Å²) < 4.78 is 5.27. The maximum absolute atomic E-state index is 11.0. The summed E-state index contributed by atoms with van der Waals surface area (Å²) in [5.74, 6) is 0.730. The third-order valence-electron chi connectivity index (χ3n) is 2.34. The van der Waals surface area contributed by atoms with Gasteiger partial charge in [0.25, 0.3) is 0 Å². The van der Waals surface area contributed by atoms with Crippen molar-refractivity contribution in [2.45, 2.75) is 20.4 Å². The van der Waals surface area contributed by atoms with Gasteiger partial charge in [-0.1, -0.05) is 12.1 Å². The molecule has 88 valence electrons. The van der Waals surface area contributed by atoms with E-state index in [1.807, 2.05) is 26.0 Å². The first-order valence-corrected chi connectivity index (χ1v) is 5.58. The van der Waals surface area contributed by atoms with Crippen molar-refractivity contribution in [3.63, 3.8) is 0 Å². The number of amides is 1. The molecule has 0 aliphatic heterocycles. The number of hydrogen-bond acceptors (Lipinski definition) is 2. The molecule has 0 bridgehead atoms. The first-order valence-electron chi connectivity index (χ1n) is 5.05. The highest BCUT2D eigenvalue weighted by molar-refractivity contribution is 6.27. The summed E-state index contributed by atoms with van der Waals surface area (Å²) in [5.41, 5.74) is 3.18. The summed E-state index contributed by atoms with van der Waals surface area (Å²) in [7, 11) is 1.66. The Morgan fingerprint density at radius 2 is 1.94 bits per heavy atom. The predicted octanol–water partition coefficient (Wildman–Crippen LogP) is 2.17. The molecule has 0 atom stereocenters. The molecular weight excluding hydrogens is 226 g/mol. The van der Waals surface area contributed by atoms with Gasteiger partial charge in [-0.25, -0.2) is 0 Å².